The van der Waals surface area contributed by atoms with Crippen LogP contribution in [0.4, 0.5) is 4.79 Å². The zero-order chi connectivity index (χ0) is 24.8. The molecule has 1 fully saturated rings. The predicted octanol–water partition coefficient (Wildman–Crippen LogP) is 4.63. The maximum Gasteiger partial charge on any atom is 0.293 e. The summed E-state index contributed by atoms with van der Waals surface area (Å²) in [5, 5.41) is 2.98. The zero-order valence-corrected chi connectivity index (χ0v) is 20.9. The number of benzene rings is 2. The standard InChI is InChI=1S/C23H22Cl2N2O6S/c1-13(33-17-7-5-15(24)12-16(17)25)21(28)26-8-9-27-22(29)20(34-23(27)30)11-14-4-6-18(31-2)19(10-14)32-3/h4-7,10-13H,8-9H2,1-3H3,(H,26,28)/b20-11-/t13-/m0/s1. The lowest BCUT2D eigenvalue weighted by molar-refractivity contribution is -0.128. The lowest BCUT2D eigenvalue weighted by Gasteiger charge is -2.17. The van der Waals surface area contributed by atoms with E-state index in [-0.39, 0.29) is 23.0 Å². The van der Waals surface area contributed by atoms with Crippen LogP contribution in [0.2, 0.25) is 10.0 Å². The number of thioether (sulfide) groups is 1. The number of rotatable bonds is 9. The van der Waals surface area contributed by atoms with Gasteiger partial charge in [-0.15, -0.1) is 0 Å². The monoisotopic (exact) mass is 524 g/mol. The van der Waals surface area contributed by atoms with Crippen LogP contribution in [0, 0.1) is 0 Å². The summed E-state index contributed by atoms with van der Waals surface area (Å²) in [4.78, 5) is 38.8. The van der Waals surface area contributed by atoms with Gasteiger partial charge in [-0.25, -0.2) is 0 Å². The number of imide groups is 1. The Morgan fingerprint density at radius 3 is 2.47 bits per heavy atom. The molecule has 3 amide bonds. The second-order valence-electron chi connectivity index (χ2n) is 7.07. The van der Waals surface area contributed by atoms with Crippen LogP contribution in [0.15, 0.2) is 41.3 Å². The van der Waals surface area contributed by atoms with Crippen LogP contribution < -0.4 is 19.5 Å². The van der Waals surface area contributed by atoms with E-state index in [0.717, 1.165) is 16.7 Å². The largest absolute Gasteiger partial charge is 0.493 e. The van der Waals surface area contributed by atoms with Gasteiger partial charge >= 0.3 is 0 Å². The molecule has 0 radical (unpaired) electrons. The molecule has 0 unspecified atom stereocenters. The van der Waals surface area contributed by atoms with Crippen molar-refractivity contribution in [2.45, 2.75) is 13.0 Å². The Hall–Kier alpha value is -2.88. The molecule has 3 rings (SSSR count). The smallest absolute Gasteiger partial charge is 0.293 e. The van der Waals surface area contributed by atoms with E-state index in [9.17, 15) is 14.4 Å². The quantitative estimate of drug-likeness (QED) is 0.477. The minimum atomic E-state index is -0.849. The number of hydrogen-bond donors (Lipinski definition) is 1. The number of halogens is 2. The molecule has 0 aromatic heterocycles. The molecule has 34 heavy (non-hydrogen) atoms. The third-order valence-electron chi connectivity index (χ3n) is 4.78. The Kier molecular flexibility index (Phi) is 8.71. The van der Waals surface area contributed by atoms with E-state index in [1.807, 2.05) is 0 Å². The van der Waals surface area contributed by atoms with E-state index in [2.05, 4.69) is 5.32 Å². The molecule has 1 N–H and O–H groups in total. The topological polar surface area (TPSA) is 94.2 Å². The van der Waals surface area contributed by atoms with Crippen molar-refractivity contribution in [3.63, 3.8) is 0 Å². The molecule has 11 heteroatoms. The fraction of sp³-hybridized carbons (Fsp3) is 0.261. The summed E-state index contributed by atoms with van der Waals surface area (Å²) in [6.45, 7) is 1.66. The molecule has 2 aromatic rings. The van der Waals surface area contributed by atoms with Crippen molar-refractivity contribution < 1.29 is 28.6 Å². The van der Waals surface area contributed by atoms with Crippen molar-refractivity contribution in [3.8, 4) is 17.2 Å². The minimum absolute atomic E-state index is 0.0219. The van der Waals surface area contributed by atoms with E-state index in [1.54, 1.807) is 43.3 Å². The second kappa shape index (κ2) is 11.5. The van der Waals surface area contributed by atoms with Crippen molar-refractivity contribution in [2.75, 3.05) is 27.3 Å². The molecular weight excluding hydrogens is 503 g/mol. The van der Waals surface area contributed by atoms with Crippen LogP contribution in [0.3, 0.4) is 0 Å². The second-order valence-corrected chi connectivity index (χ2v) is 8.91. The molecule has 0 bridgehead atoms. The third-order valence-corrected chi connectivity index (χ3v) is 6.22. The first-order chi connectivity index (χ1) is 16.2. The molecule has 2 aromatic carbocycles. The van der Waals surface area contributed by atoms with Crippen LogP contribution >= 0.6 is 35.0 Å². The average molecular weight is 525 g/mol. The molecule has 1 heterocycles. The van der Waals surface area contributed by atoms with Gasteiger partial charge in [-0.2, -0.15) is 0 Å². The fourth-order valence-electron chi connectivity index (χ4n) is 3.04. The highest BCUT2D eigenvalue weighted by Gasteiger charge is 2.34. The number of carbonyl (C=O) groups excluding carboxylic acids is 3. The lowest BCUT2D eigenvalue weighted by atomic mass is 10.2. The molecule has 1 saturated heterocycles. The van der Waals surface area contributed by atoms with E-state index >= 15 is 0 Å². The first-order valence-electron chi connectivity index (χ1n) is 10.1. The van der Waals surface area contributed by atoms with Crippen LogP contribution in [0.5, 0.6) is 17.2 Å². The number of hydrogen-bond acceptors (Lipinski definition) is 7. The summed E-state index contributed by atoms with van der Waals surface area (Å²) in [7, 11) is 3.04. The summed E-state index contributed by atoms with van der Waals surface area (Å²) in [6, 6.07) is 9.86. The third kappa shape index (κ3) is 6.16. The molecule has 1 aliphatic rings. The lowest BCUT2D eigenvalue weighted by Crippen LogP contribution is -2.41. The summed E-state index contributed by atoms with van der Waals surface area (Å²) < 4.78 is 16.0. The number of methoxy groups -OCH3 is 2. The van der Waals surface area contributed by atoms with Gasteiger partial charge in [0.15, 0.2) is 17.6 Å². The molecule has 180 valence electrons. The Bertz CT molecular complexity index is 1140. The van der Waals surface area contributed by atoms with Gasteiger partial charge in [0.25, 0.3) is 17.1 Å². The average Bonchev–Trinajstić information content (AvgIpc) is 3.07. The van der Waals surface area contributed by atoms with Crippen molar-refractivity contribution >= 4 is 58.1 Å². The van der Waals surface area contributed by atoms with Gasteiger partial charge in [-0.3, -0.25) is 19.3 Å². The van der Waals surface area contributed by atoms with Crippen molar-refractivity contribution in [1.29, 1.82) is 0 Å². The zero-order valence-electron chi connectivity index (χ0n) is 18.6. The van der Waals surface area contributed by atoms with E-state index in [1.165, 1.54) is 20.3 Å². The van der Waals surface area contributed by atoms with Crippen molar-refractivity contribution in [1.82, 2.24) is 10.2 Å². The Labute approximate surface area is 211 Å². The number of nitrogens with one attached hydrogen (secondary N) is 1. The number of ether oxygens (including phenoxy) is 3. The van der Waals surface area contributed by atoms with Crippen molar-refractivity contribution in [3.05, 3.63) is 56.9 Å². The summed E-state index contributed by atoms with van der Waals surface area (Å²) in [5.41, 5.74) is 0.684. The number of carbonyl (C=O) groups is 3. The predicted molar refractivity (Wildman–Crippen MR) is 132 cm³/mol. The molecule has 0 aliphatic carbocycles. The van der Waals surface area contributed by atoms with Gasteiger partial charge < -0.3 is 19.5 Å². The molecular formula is C23H22Cl2N2O6S. The van der Waals surface area contributed by atoms with Crippen LogP contribution in [0.1, 0.15) is 12.5 Å². The maximum absolute atomic E-state index is 12.7. The van der Waals surface area contributed by atoms with E-state index < -0.39 is 23.2 Å². The van der Waals surface area contributed by atoms with Gasteiger partial charge in [0, 0.05) is 18.1 Å². The van der Waals surface area contributed by atoms with E-state index in [4.69, 9.17) is 37.4 Å². The first kappa shape index (κ1) is 25.7. The Balaban J connectivity index is 1.56. The fourth-order valence-corrected chi connectivity index (χ4v) is 4.35. The Morgan fingerprint density at radius 1 is 1.09 bits per heavy atom. The SMILES string of the molecule is COc1ccc(/C=C2\SC(=O)N(CCNC(=O)[C@H](C)Oc3ccc(Cl)cc3Cl)C2=O)cc1OC. The first-order valence-corrected chi connectivity index (χ1v) is 11.7. The highest BCUT2D eigenvalue weighted by atomic mass is 35.5. The molecule has 8 nitrogen and oxygen atoms in total. The van der Waals surface area contributed by atoms with Gasteiger partial charge in [-0.1, -0.05) is 29.3 Å². The highest BCUT2D eigenvalue weighted by Crippen LogP contribution is 2.34. The molecule has 1 atom stereocenters. The maximum atomic E-state index is 12.7. The summed E-state index contributed by atoms with van der Waals surface area (Å²) in [6.07, 6.45) is 0.760. The molecule has 0 saturated carbocycles. The van der Waals surface area contributed by atoms with Gasteiger partial charge in [-0.05, 0) is 60.7 Å². The van der Waals surface area contributed by atoms with Crippen LogP contribution in [-0.4, -0.2) is 55.4 Å². The summed E-state index contributed by atoms with van der Waals surface area (Å²) >= 11 is 12.8. The molecule has 1 aliphatic heterocycles. The van der Waals surface area contributed by atoms with Crippen LogP contribution in [0.25, 0.3) is 6.08 Å². The van der Waals surface area contributed by atoms with Crippen LogP contribution in [-0.2, 0) is 9.59 Å². The molecule has 0 spiro atoms. The normalized spacial score (nSPS) is 15.4. The number of amides is 3. The minimum Gasteiger partial charge on any atom is -0.493 e. The van der Waals surface area contributed by atoms with Gasteiger partial charge in [0.2, 0.25) is 0 Å². The highest BCUT2D eigenvalue weighted by molar-refractivity contribution is 8.18. The van der Waals surface area contributed by atoms with Gasteiger partial charge in [0.05, 0.1) is 24.1 Å². The summed E-state index contributed by atoms with van der Waals surface area (Å²) in [5.74, 6) is 0.532. The van der Waals surface area contributed by atoms with Crippen molar-refractivity contribution in [2.24, 2.45) is 0 Å². The van der Waals surface area contributed by atoms with E-state index in [0.29, 0.717) is 27.8 Å². The Morgan fingerprint density at radius 2 is 1.79 bits per heavy atom. The van der Waals surface area contributed by atoms with Gasteiger partial charge in [0.1, 0.15) is 5.75 Å². The number of nitrogens with zero attached hydrogens (tertiary/aromatic N) is 1.